The molecule has 28 heavy (non-hydrogen) atoms. The number of hydrogen-bond donors (Lipinski definition) is 1. The lowest BCUT2D eigenvalue weighted by Crippen LogP contribution is -2.28. The molecule has 1 aliphatic heterocycles. The maximum atomic E-state index is 12.6. The molecule has 148 valence electrons. The molecular weight excluding hydrogens is 404 g/mol. The molecule has 0 aliphatic carbocycles. The summed E-state index contributed by atoms with van der Waals surface area (Å²) in [5, 5.41) is 2.92. The van der Waals surface area contributed by atoms with Gasteiger partial charge in [0.1, 0.15) is 0 Å². The van der Waals surface area contributed by atoms with E-state index in [0.717, 1.165) is 12.8 Å². The van der Waals surface area contributed by atoms with Crippen LogP contribution in [0.3, 0.4) is 0 Å². The third-order valence-electron chi connectivity index (χ3n) is 4.22. The second-order valence-electron chi connectivity index (χ2n) is 6.27. The highest BCUT2D eigenvalue weighted by Crippen LogP contribution is 2.23. The summed E-state index contributed by atoms with van der Waals surface area (Å²) in [6.07, 6.45) is 1.68. The predicted molar refractivity (Wildman–Crippen MR) is 105 cm³/mol. The van der Waals surface area contributed by atoms with Crippen molar-refractivity contribution >= 4 is 39.2 Å². The number of carbonyl (C=O) groups is 2. The third-order valence-corrected chi connectivity index (χ3v) is 6.35. The fraction of sp³-hybridized carbons (Fsp3) is 0.263. The molecule has 1 aliphatic rings. The van der Waals surface area contributed by atoms with Gasteiger partial charge in [-0.05, 0) is 49.2 Å². The lowest BCUT2D eigenvalue weighted by molar-refractivity contribution is -0.119. The van der Waals surface area contributed by atoms with Crippen molar-refractivity contribution in [3.8, 4) is 0 Å². The van der Waals surface area contributed by atoms with Gasteiger partial charge in [0.25, 0.3) is 5.91 Å². The van der Waals surface area contributed by atoms with Gasteiger partial charge in [0, 0.05) is 23.8 Å². The summed E-state index contributed by atoms with van der Waals surface area (Å²) in [6.45, 7) is 0.491. The quantitative estimate of drug-likeness (QED) is 0.722. The SMILES string of the molecule is O=C(COC(=O)c1cccc(Cl)c1)Nc1cccc(S(=O)(=O)N2CCCC2)c1. The molecule has 0 saturated carbocycles. The number of rotatable bonds is 6. The Bertz CT molecular complexity index is 987. The number of nitrogens with one attached hydrogen (secondary N) is 1. The normalized spacial score (nSPS) is 14.6. The van der Waals surface area contributed by atoms with Gasteiger partial charge in [0.15, 0.2) is 6.61 Å². The number of amides is 1. The maximum Gasteiger partial charge on any atom is 0.338 e. The zero-order valence-electron chi connectivity index (χ0n) is 14.9. The van der Waals surface area contributed by atoms with Crippen molar-refractivity contribution in [2.75, 3.05) is 25.0 Å². The van der Waals surface area contributed by atoms with Gasteiger partial charge in [0.05, 0.1) is 10.5 Å². The van der Waals surface area contributed by atoms with E-state index in [4.69, 9.17) is 16.3 Å². The molecule has 2 aromatic rings. The molecular formula is C19H19ClN2O5S. The fourth-order valence-corrected chi connectivity index (χ4v) is 4.59. The van der Waals surface area contributed by atoms with Crippen LogP contribution in [-0.2, 0) is 19.6 Å². The topological polar surface area (TPSA) is 92.8 Å². The Morgan fingerprint density at radius 3 is 2.50 bits per heavy atom. The standard InChI is InChI=1S/C19H19ClN2O5S/c20-15-6-3-5-14(11-15)19(24)27-13-18(23)21-16-7-4-8-17(12-16)28(25,26)22-9-1-2-10-22/h3-8,11-12H,1-2,9-10,13H2,(H,21,23). The largest absolute Gasteiger partial charge is 0.452 e. The zero-order valence-corrected chi connectivity index (χ0v) is 16.5. The average Bonchev–Trinajstić information content (AvgIpc) is 3.22. The third kappa shape index (κ3) is 4.89. The lowest BCUT2D eigenvalue weighted by atomic mass is 10.2. The molecule has 1 amide bonds. The molecule has 0 bridgehead atoms. The van der Waals surface area contributed by atoms with Crippen molar-refractivity contribution in [1.29, 1.82) is 0 Å². The van der Waals surface area contributed by atoms with Crippen LogP contribution in [0.5, 0.6) is 0 Å². The summed E-state index contributed by atoms with van der Waals surface area (Å²) >= 11 is 5.82. The minimum atomic E-state index is -3.58. The number of sulfonamides is 1. The van der Waals surface area contributed by atoms with Crippen LogP contribution in [0, 0.1) is 0 Å². The van der Waals surface area contributed by atoms with Gasteiger partial charge in [0.2, 0.25) is 10.0 Å². The highest BCUT2D eigenvalue weighted by Gasteiger charge is 2.27. The maximum absolute atomic E-state index is 12.6. The number of esters is 1. The molecule has 7 nitrogen and oxygen atoms in total. The van der Waals surface area contributed by atoms with Gasteiger partial charge >= 0.3 is 5.97 Å². The molecule has 0 spiro atoms. The number of benzene rings is 2. The van der Waals surface area contributed by atoms with Gasteiger partial charge in [-0.3, -0.25) is 4.79 Å². The minimum absolute atomic E-state index is 0.114. The van der Waals surface area contributed by atoms with Crippen LogP contribution in [0.2, 0.25) is 5.02 Å². The molecule has 1 heterocycles. The average molecular weight is 423 g/mol. The van der Waals surface area contributed by atoms with Crippen LogP contribution >= 0.6 is 11.6 Å². The number of nitrogens with zero attached hydrogens (tertiary/aromatic N) is 1. The van der Waals surface area contributed by atoms with E-state index in [1.54, 1.807) is 24.3 Å². The first-order valence-corrected chi connectivity index (χ1v) is 10.5. The summed E-state index contributed by atoms with van der Waals surface area (Å²) in [6, 6.07) is 12.2. The van der Waals surface area contributed by atoms with E-state index in [1.807, 2.05) is 0 Å². The van der Waals surface area contributed by atoms with Crippen LogP contribution in [0.15, 0.2) is 53.4 Å². The monoisotopic (exact) mass is 422 g/mol. The molecule has 0 aromatic heterocycles. The Labute approximate surface area is 168 Å². The molecule has 0 atom stereocenters. The van der Waals surface area contributed by atoms with Crippen LogP contribution in [0.4, 0.5) is 5.69 Å². The summed E-state index contributed by atoms with van der Waals surface area (Å²) < 4.78 is 31.6. The van der Waals surface area contributed by atoms with Gasteiger partial charge in [-0.15, -0.1) is 0 Å². The number of anilines is 1. The van der Waals surface area contributed by atoms with Crippen molar-refractivity contribution in [2.45, 2.75) is 17.7 Å². The summed E-state index contributed by atoms with van der Waals surface area (Å²) in [5.74, 6) is -1.26. The Hall–Kier alpha value is -2.42. The Balaban J connectivity index is 1.61. The molecule has 0 radical (unpaired) electrons. The van der Waals surface area contributed by atoms with E-state index >= 15 is 0 Å². The van der Waals surface area contributed by atoms with Crippen LogP contribution in [-0.4, -0.2) is 44.3 Å². The number of halogens is 1. The Morgan fingerprint density at radius 2 is 1.79 bits per heavy atom. The Morgan fingerprint density at radius 1 is 1.07 bits per heavy atom. The van der Waals surface area contributed by atoms with E-state index in [1.165, 1.54) is 28.6 Å². The summed E-state index contributed by atoms with van der Waals surface area (Å²) in [7, 11) is -3.58. The molecule has 1 N–H and O–H groups in total. The van der Waals surface area contributed by atoms with Crippen molar-refractivity contribution in [2.24, 2.45) is 0 Å². The molecule has 1 fully saturated rings. The van der Waals surface area contributed by atoms with E-state index in [0.29, 0.717) is 23.8 Å². The van der Waals surface area contributed by atoms with E-state index in [9.17, 15) is 18.0 Å². The molecule has 9 heteroatoms. The van der Waals surface area contributed by atoms with Crippen molar-refractivity contribution < 1.29 is 22.7 Å². The molecule has 0 unspecified atom stereocenters. The highest BCUT2D eigenvalue weighted by atomic mass is 35.5. The summed E-state index contributed by atoms with van der Waals surface area (Å²) in [4.78, 5) is 24.1. The van der Waals surface area contributed by atoms with Gasteiger partial charge in [-0.1, -0.05) is 23.7 Å². The van der Waals surface area contributed by atoms with E-state index in [2.05, 4.69) is 5.32 Å². The van der Waals surface area contributed by atoms with Crippen molar-refractivity contribution in [3.05, 3.63) is 59.1 Å². The van der Waals surface area contributed by atoms with E-state index in [-0.39, 0.29) is 10.5 Å². The van der Waals surface area contributed by atoms with E-state index < -0.39 is 28.5 Å². The Kier molecular flexibility index (Phi) is 6.33. The minimum Gasteiger partial charge on any atom is -0.452 e. The first kappa shape index (κ1) is 20.3. The number of ether oxygens (including phenoxy) is 1. The summed E-state index contributed by atoms with van der Waals surface area (Å²) in [5.41, 5.74) is 0.545. The van der Waals surface area contributed by atoms with Crippen LogP contribution in [0.1, 0.15) is 23.2 Å². The highest BCUT2D eigenvalue weighted by molar-refractivity contribution is 7.89. The zero-order chi connectivity index (χ0) is 20.1. The first-order valence-electron chi connectivity index (χ1n) is 8.69. The molecule has 1 saturated heterocycles. The smallest absolute Gasteiger partial charge is 0.338 e. The second-order valence-corrected chi connectivity index (χ2v) is 8.65. The molecule has 3 rings (SSSR count). The predicted octanol–water partition coefficient (Wildman–Crippen LogP) is 2.92. The first-order chi connectivity index (χ1) is 13.4. The number of carbonyl (C=O) groups excluding carboxylic acids is 2. The van der Waals surface area contributed by atoms with Crippen molar-refractivity contribution in [1.82, 2.24) is 4.31 Å². The second kappa shape index (κ2) is 8.72. The van der Waals surface area contributed by atoms with Gasteiger partial charge in [-0.25, -0.2) is 13.2 Å². The lowest BCUT2D eigenvalue weighted by Gasteiger charge is -2.16. The van der Waals surface area contributed by atoms with Gasteiger partial charge < -0.3 is 10.1 Å². The van der Waals surface area contributed by atoms with Crippen LogP contribution in [0.25, 0.3) is 0 Å². The van der Waals surface area contributed by atoms with Crippen LogP contribution < -0.4 is 5.32 Å². The fourth-order valence-electron chi connectivity index (χ4n) is 2.84. The van der Waals surface area contributed by atoms with Crippen molar-refractivity contribution in [3.63, 3.8) is 0 Å². The number of hydrogen-bond acceptors (Lipinski definition) is 5. The molecule has 2 aromatic carbocycles. The van der Waals surface area contributed by atoms with Gasteiger partial charge in [-0.2, -0.15) is 4.31 Å².